The first-order valence-electron chi connectivity index (χ1n) is 7.50. The number of aromatic nitrogens is 2. The van der Waals surface area contributed by atoms with E-state index in [0.29, 0.717) is 19.6 Å². The molecule has 1 fully saturated rings. The summed E-state index contributed by atoms with van der Waals surface area (Å²) in [7, 11) is 3.56. The molecule has 0 spiro atoms. The van der Waals surface area contributed by atoms with Crippen LogP contribution in [0.15, 0.2) is 12.4 Å². The number of hydrogen-bond acceptors (Lipinski definition) is 5. The Balaban J connectivity index is 1.90. The number of nitrogens with zero attached hydrogens (tertiary/aromatic N) is 3. The molecule has 1 aromatic heterocycles. The topological polar surface area (TPSA) is 68.6 Å². The van der Waals surface area contributed by atoms with Gasteiger partial charge < -0.3 is 19.7 Å². The van der Waals surface area contributed by atoms with E-state index in [4.69, 9.17) is 9.47 Å². The quantitative estimate of drug-likeness (QED) is 0.903. The van der Waals surface area contributed by atoms with Crippen LogP contribution in [0.25, 0.3) is 0 Å². The minimum atomic E-state index is -0.485. The van der Waals surface area contributed by atoms with Crippen LogP contribution < -0.4 is 5.32 Å². The van der Waals surface area contributed by atoms with Gasteiger partial charge in [-0.15, -0.1) is 0 Å². The molecule has 1 saturated heterocycles. The third-order valence-corrected chi connectivity index (χ3v) is 3.55. The number of aryl methyl sites for hydroxylation is 1. The zero-order valence-electron chi connectivity index (χ0n) is 14.0. The first-order chi connectivity index (χ1) is 10.3. The van der Waals surface area contributed by atoms with E-state index in [1.807, 2.05) is 40.2 Å². The van der Waals surface area contributed by atoms with Crippen LogP contribution in [0.3, 0.4) is 0 Å². The maximum absolute atomic E-state index is 12.2. The predicted octanol–water partition coefficient (Wildman–Crippen LogP) is 1.14. The van der Waals surface area contributed by atoms with Crippen LogP contribution in [-0.4, -0.2) is 58.7 Å². The van der Waals surface area contributed by atoms with Gasteiger partial charge in [0.2, 0.25) is 0 Å². The molecule has 1 aliphatic rings. The monoisotopic (exact) mass is 310 g/mol. The van der Waals surface area contributed by atoms with Gasteiger partial charge in [0.25, 0.3) is 0 Å². The van der Waals surface area contributed by atoms with Crippen molar-refractivity contribution >= 4 is 6.09 Å². The highest BCUT2D eigenvalue weighted by molar-refractivity contribution is 5.68. The van der Waals surface area contributed by atoms with E-state index in [1.165, 1.54) is 0 Å². The molecule has 7 heteroatoms. The Labute approximate surface area is 131 Å². The molecule has 22 heavy (non-hydrogen) atoms. The van der Waals surface area contributed by atoms with Crippen molar-refractivity contribution in [3.63, 3.8) is 0 Å². The highest BCUT2D eigenvalue weighted by Crippen LogP contribution is 2.18. The van der Waals surface area contributed by atoms with Crippen LogP contribution in [0.1, 0.15) is 26.3 Å². The summed E-state index contributed by atoms with van der Waals surface area (Å²) >= 11 is 0. The van der Waals surface area contributed by atoms with Crippen molar-refractivity contribution in [3.8, 4) is 0 Å². The highest BCUT2D eigenvalue weighted by Gasteiger charge is 2.37. The lowest BCUT2D eigenvalue weighted by Gasteiger charge is -2.24. The van der Waals surface area contributed by atoms with Crippen molar-refractivity contribution in [2.24, 2.45) is 7.05 Å². The largest absolute Gasteiger partial charge is 0.444 e. The smallest absolute Gasteiger partial charge is 0.410 e. The molecule has 1 aliphatic heterocycles. The molecule has 1 aromatic rings. The second-order valence-corrected chi connectivity index (χ2v) is 6.67. The van der Waals surface area contributed by atoms with Gasteiger partial charge in [-0.2, -0.15) is 5.10 Å². The maximum atomic E-state index is 12.2. The molecule has 124 valence electrons. The Kier molecular flexibility index (Phi) is 5.08. The number of nitrogens with one attached hydrogen (secondary N) is 1. The first kappa shape index (κ1) is 16.8. The molecule has 2 rings (SSSR count). The van der Waals surface area contributed by atoms with Crippen LogP contribution >= 0.6 is 0 Å². The minimum Gasteiger partial charge on any atom is -0.444 e. The van der Waals surface area contributed by atoms with Crippen molar-refractivity contribution in [3.05, 3.63) is 18.0 Å². The van der Waals surface area contributed by atoms with Gasteiger partial charge in [-0.3, -0.25) is 4.68 Å². The Morgan fingerprint density at radius 2 is 2.18 bits per heavy atom. The molecule has 2 heterocycles. The van der Waals surface area contributed by atoms with Gasteiger partial charge >= 0.3 is 6.09 Å². The number of amides is 1. The standard InChI is InChI=1S/C15H26N4O3/c1-15(2,3)22-14(20)19-9-12(13(10-19)21-5)16-6-11-7-17-18(4)8-11/h7-8,12-13,16H,6,9-10H2,1-5H3/t12?,13-/m0/s1. The molecule has 1 N–H and O–H groups in total. The Morgan fingerprint density at radius 3 is 2.73 bits per heavy atom. The van der Waals surface area contributed by atoms with Crippen molar-refractivity contribution in [2.75, 3.05) is 20.2 Å². The van der Waals surface area contributed by atoms with E-state index in [-0.39, 0.29) is 18.2 Å². The number of hydrogen-bond donors (Lipinski definition) is 1. The molecular weight excluding hydrogens is 284 g/mol. The third kappa shape index (κ3) is 4.45. The van der Waals surface area contributed by atoms with Crippen molar-refractivity contribution < 1.29 is 14.3 Å². The van der Waals surface area contributed by atoms with Crippen LogP contribution in [0, 0.1) is 0 Å². The SMILES string of the molecule is CO[C@H]1CN(C(=O)OC(C)(C)C)CC1NCc1cnn(C)c1. The molecule has 1 unspecified atom stereocenters. The number of carbonyl (C=O) groups excluding carboxylic acids is 1. The van der Waals surface area contributed by atoms with Crippen molar-refractivity contribution in [2.45, 2.75) is 45.1 Å². The average molecular weight is 310 g/mol. The fourth-order valence-corrected chi connectivity index (χ4v) is 2.50. The summed E-state index contributed by atoms with van der Waals surface area (Å²) in [6.45, 7) is 7.41. The van der Waals surface area contributed by atoms with E-state index in [9.17, 15) is 4.79 Å². The normalized spacial score (nSPS) is 22.1. The number of carbonyl (C=O) groups is 1. The van der Waals surface area contributed by atoms with Crippen LogP contribution in [0.5, 0.6) is 0 Å². The zero-order valence-corrected chi connectivity index (χ0v) is 14.0. The summed E-state index contributed by atoms with van der Waals surface area (Å²) in [4.78, 5) is 13.8. The van der Waals surface area contributed by atoms with E-state index in [1.54, 1.807) is 16.7 Å². The number of ether oxygens (including phenoxy) is 2. The molecule has 0 saturated carbocycles. The number of likely N-dealkylation sites (tertiary alicyclic amines) is 1. The summed E-state index contributed by atoms with van der Waals surface area (Å²) in [6.07, 6.45) is 3.47. The Morgan fingerprint density at radius 1 is 1.45 bits per heavy atom. The van der Waals surface area contributed by atoms with Gasteiger partial charge in [0.15, 0.2) is 0 Å². The highest BCUT2D eigenvalue weighted by atomic mass is 16.6. The lowest BCUT2D eigenvalue weighted by atomic mass is 10.2. The third-order valence-electron chi connectivity index (χ3n) is 3.55. The van der Waals surface area contributed by atoms with E-state index < -0.39 is 5.60 Å². The Bertz CT molecular complexity index is 509. The van der Waals surface area contributed by atoms with E-state index in [0.717, 1.165) is 5.56 Å². The second-order valence-electron chi connectivity index (χ2n) is 6.67. The molecule has 2 atom stereocenters. The molecule has 0 aliphatic carbocycles. The summed E-state index contributed by atoms with van der Waals surface area (Å²) in [6, 6.07) is 0.0812. The van der Waals surface area contributed by atoms with Gasteiger partial charge in [-0.05, 0) is 20.8 Å². The van der Waals surface area contributed by atoms with Gasteiger partial charge in [0.1, 0.15) is 5.60 Å². The lowest BCUT2D eigenvalue weighted by molar-refractivity contribution is 0.0252. The molecular formula is C15H26N4O3. The molecule has 0 aromatic carbocycles. The maximum Gasteiger partial charge on any atom is 0.410 e. The van der Waals surface area contributed by atoms with Gasteiger partial charge in [-0.25, -0.2) is 4.79 Å². The Hall–Kier alpha value is -1.60. The van der Waals surface area contributed by atoms with Crippen LogP contribution in [-0.2, 0) is 23.1 Å². The molecule has 0 bridgehead atoms. The number of methoxy groups -OCH3 is 1. The van der Waals surface area contributed by atoms with Gasteiger partial charge in [0.05, 0.1) is 24.9 Å². The second kappa shape index (κ2) is 6.66. The van der Waals surface area contributed by atoms with Crippen LogP contribution in [0.2, 0.25) is 0 Å². The average Bonchev–Trinajstić information content (AvgIpc) is 3.00. The summed E-state index contributed by atoms with van der Waals surface area (Å²) < 4.78 is 12.7. The van der Waals surface area contributed by atoms with Crippen molar-refractivity contribution in [1.29, 1.82) is 0 Å². The van der Waals surface area contributed by atoms with Crippen LogP contribution in [0.4, 0.5) is 4.79 Å². The number of rotatable bonds is 4. The summed E-state index contributed by atoms with van der Waals surface area (Å²) in [5, 5.41) is 7.58. The lowest BCUT2D eigenvalue weighted by Crippen LogP contribution is -2.40. The van der Waals surface area contributed by atoms with Crippen molar-refractivity contribution in [1.82, 2.24) is 20.0 Å². The fraction of sp³-hybridized carbons (Fsp3) is 0.733. The molecule has 0 radical (unpaired) electrons. The molecule has 7 nitrogen and oxygen atoms in total. The first-order valence-corrected chi connectivity index (χ1v) is 7.50. The summed E-state index contributed by atoms with van der Waals surface area (Å²) in [5.41, 5.74) is 0.619. The molecule has 1 amide bonds. The summed E-state index contributed by atoms with van der Waals surface area (Å²) in [5.74, 6) is 0. The van der Waals surface area contributed by atoms with E-state index >= 15 is 0 Å². The zero-order chi connectivity index (χ0) is 16.3. The van der Waals surface area contributed by atoms with Gasteiger partial charge in [0, 0.05) is 39.0 Å². The minimum absolute atomic E-state index is 0.0378. The fourth-order valence-electron chi connectivity index (χ4n) is 2.50. The van der Waals surface area contributed by atoms with Gasteiger partial charge in [-0.1, -0.05) is 0 Å². The van der Waals surface area contributed by atoms with E-state index in [2.05, 4.69) is 10.4 Å². The predicted molar refractivity (Wildman–Crippen MR) is 82.4 cm³/mol.